The summed E-state index contributed by atoms with van der Waals surface area (Å²) < 4.78 is 1.05. The van der Waals surface area contributed by atoms with E-state index in [1.807, 2.05) is 6.07 Å². The number of aryl methyl sites for hydroxylation is 1. The summed E-state index contributed by atoms with van der Waals surface area (Å²) >= 11 is 3.46. The molecular weight excluding hydrogens is 308 g/mol. The average molecular weight is 327 g/mol. The van der Waals surface area contributed by atoms with Crippen LogP contribution in [-0.4, -0.2) is 36.8 Å². The van der Waals surface area contributed by atoms with E-state index in [4.69, 9.17) is 0 Å². The van der Waals surface area contributed by atoms with Gasteiger partial charge in [0.15, 0.2) is 0 Å². The molecule has 5 heteroatoms. The Kier molecular flexibility index (Phi) is 4.47. The summed E-state index contributed by atoms with van der Waals surface area (Å²) in [5.41, 5.74) is 2.28. The van der Waals surface area contributed by atoms with Crippen LogP contribution in [0.4, 0.5) is 5.69 Å². The summed E-state index contributed by atoms with van der Waals surface area (Å²) in [4.78, 5) is 13.4. The third-order valence-corrected chi connectivity index (χ3v) is 3.99. The summed E-state index contributed by atoms with van der Waals surface area (Å²) in [5.74, 6) is -1.10. The van der Waals surface area contributed by atoms with Gasteiger partial charge in [0.25, 0.3) is 0 Å². The van der Waals surface area contributed by atoms with E-state index in [2.05, 4.69) is 52.1 Å². The van der Waals surface area contributed by atoms with Gasteiger partial charge in [0, 0.05) is 35.8 Å². The molecule has 1 saturated heterocycles. The molecule has 1 fully saturated rings. The maximum atomic E-state index is 11.3. The van der Waals surface area contributed by atoms with Gasteiger partial charge in [-0.05, 0) is 37.6 Å². The quantitative estimate of drug-likeness (QED) is 0.875. The molecular formula is C14H19BrN2O2. The molecule has 1 aromatic rings. The number of halogens is 1. The smallest absolute Gasteiger partial charge is 0.309 e. The minimum atomic E-state index is -0.735. The highest BCUT2D eigenvalue weighted by Crippen LogP contribution is 2.25. The van der Waals surface area contributed by atoms with Crippen molar-refractivity contribution >= 4 is 27.6 Å². The normalized spacial score (nSPS) is 24.1. The van der Waals surface area contributed by atoms with E-state index >= 15 is 0 Å². The molecule has 0 bridgehead atoms. The van der Waals surface area contributed by atoms with E-state index in [1.165, 1.54) is 0 Å². The van der Waals surface area contributed by atoms with E-state index in [0.29, 0.717) is 13.1 Å². The molecule has 1 aromatic carbocycles. The molecule has 2 N–H and O–H groups in total. The molecule has 0 saturated carbocycles. The van der Waals surface area contributed by atoms with Crippen LogP contribution in [-0.2, 0) is 4.79 Å². The predicted molar refractivity (Wildman–Crippen MR) is 79.7 cm³/mol. The number of hydrogen-bond acceptors (Lipinski definition) is 3. The van der Waals surface area contributed by atoms with Gasteiger partial charge in [-0.3, -0.25) is 4.79 Å². The fourth-order valence-electron chi connectivity index (χ4n) is 2.48. The Labute approximate surface area is 121 Å². The summed E-state index contributed by atoms with van der Waals surface area (Å²) in [7, 11) is 0. The zero-order chi connectivity index (χ0) is 14.0. The number of nitrogens with one attached hydrogen (secondary N) is 1. The molecule has 0 amide bonds. The van der Waals surface area contributed by atoms with E-state index in [9.17, 15) is 9.90 Å². The van der Waals surface area contributed by atoms with Crippen molar-refractivity contribution in [2.75, 3.05) is 24.5 Å². The maximum Gasteiger partial charge on any atom is 0.309 e. The standard InChI is InChI=1S/C14H19BrN2O2/c1-9-5-12(15)3-4-13(9)17-7-10(2)16-6-11(8-17)14(18)19/h3-5,10-11,16H,6-8H2,1-2H3,(H,18,19). The van der Waals surface area contributed by atoms with Gasteiger partial charge in [-0.25, -0.2) is 0 Å². The van der Waals surface area contributed by atoms with Crippen LogP contribution in [0.1, 0.15) is 12.5 Å². The number of carboxylic acids is 1. The highest BCUT2D eigenvalue weighted by molar-refractivity contribution is 9.10. The lowest BCUT2D eigenvalue weighted by molar-refractivity contribution is -0.141. The van der Waals surface area contributed by atoms with Crippen molar-refractivity contribution in [3.8, 4) is 0 Å². The fraction of sp³-hybridized carbons (Fsp3) is 0.500. The second-order valence-electron chi connectivity index (χ2n) is 5.18. The third-order valence-electron chi connectivity index (χ3n) is 3.50. The van der Waals surface area contributed by atoms with Crippen molar-refractivity contribution in [3.63, 3.8) is 0 Å². The molecule has 0 radical (unpaired) electrons. The van der Waals surface area contributed by atoms with Gasteiger partial charge in [-0.15, -0.1) is 0 Å². The molecule has 4 nitrogen and oxygen atoms in total. The van der Waals surface area contributed by atoms with Crippen molar-refractivity contribution in [1.29, 1.82) is 0 Å². The van der Waals surface area contributed by atoms with E-state index in [1.54, 1.807) is 0 Å². The molecule has 19 heavy (non-hydrogen) atoms. The molecule has 104 valence electrons. The Morgan fingerprint density at radius 1 is 1.47 bits per heavy atom. The molecule has 1 aliphatic rings. The molecule has 2 rings (SSSR count). The first-order valence-electron chi connectivity index (χ1n) is 6.44. The van der Waals surface area contributed by atoms with E-state index in [0.717, 1.165) is 22.3 Å². The van der Waals surface area contributed by atoms with Gasteiger partial charge in [0.2, 0.25) is 0 Å². The summed E-state index contributed by atoms with van der Waals surface area (Å²) in [6, 6.07) is 6.40. The van der Waals surface area contributed by atoms with Crippen molar-refractivity contribution in [2.45, 2.75) is 19.9 Å². The van der Waals surface area contributed by atoms with E-state index < -0.39 is 5.97 Å². The second kappa shape index (κ2) is 5.92. The molecule has 2 unspecified atom stereocenters. The number of rotatable bonds is 2. The number of carbonyl (C=O) groups is 1. The third kappa shape index (κ3) is 3.48. The number of aliphatic carboxylic acids is 1. The van der Waals surface area contributed by atoms with Crippen LogP contribution in [0.3, 0.4) is 0 Å². The number of nitrogens with zero attached hydrogens (tertiary/aromatic N) is 1. The largest absolute Gasteiger partial charge is 0.481 e. The molecule has 0 spiro atoms. The van der Waals surface area contributed by atoms with Gasteiger partial charge in [0.05, 0.1) is 5.92 Å². The summed E-state index contributed by atoms with van der Waals surface area (Å²) in [6.07, 6.45) is 0. The van der Waals surface area contributed by atoms with Gasteiger partial charge >= 0.3 is 5.97 Å². The maximum absolute atomic E-state index is 11.3. The number of hydrogen-bond donors (Lipinski definition) is 2. The van der Waals surface area contributed by atoms with Crippen LogP contribution in [0, 0.1) is 12.8 Å². The van der Waals surface area contributed by atoms with Crippen LogP contribution in [0.15, 0.2) is 22.7 Å². The first kappa shape index (κ1) is 14.3. The average Bonchev–Trinajstić information content (AvgIpc) is 2.51. The first-order valence-corrected chi connectivity index (χ1v) is 7.24. The highest BCUT2D eigenvalue weighted by atomic mass is 79.9. The Morgan fingerprint density at radius 3 is 2.84 bits per heavy atom. The van der Waals surface area contributed by atoms with Crippen molar-refractivity contribution in [3.05, 3.63) is 28.2 Å². The highest BCUT2D eigenvalue weighted by Gasteiger charge is 2.26. The molecule has 0 aromatic heterocycles. The second-order valence-corrected chi connectivity index (χ2v) is 6.10. The lowest BCUT2D eigenvalue weighted by Crippen LogP contribution is -2.35. The SMILES string of the molecule is Cc1cc(Br)ccc1N1CC(C)NCC(C(=O)O)C1. The van der Waals surface area contributed by atoms with Crippen LogP contribution < -0.4 is 10.2 Å². The predicted octanol–water partition coefficient (Wildman–Crippen LogP) is 2.26. The number of benzene rings is 1. The van der Waals surface area contributed by atoms with Gasteiger partial charge in [-0.1, -0.05) is 15.9 Å². The monoisotopic (exact) mass is 326 g/mol. The zero-order valence-corrected chi connectivity index (χ0v) is 12.8. The van der Waals surface area contributed by atoms with Crippen molar-refractivity contribution in [2.24, 2.45) is 5.92 Å². The van der Waals surface area contributed by atoms with Crippen LogP contribution in [0.25, 0.3) is 0 Å². The minimum Gasteiger partial charge on any atom is -0.481 e. The van der Waals surface area contributed by atoms with Crippen LogP contribution >= 0.6 is 15.9 Å². The topological polar surface area (TPSA) is 52.6 Å². The van der Waals surface area contributed by atoms with Crippen molar-refractivity contribution in [1.82, 2.24) is 5.32 Å². The molecule has 1 heterocycles. The van der Waals surface area contributed by atoms with Crippen LogP contribution in [0.5, 0.6) is 0 Å². The van der Waals surface area contributed by atoms with Gasteiger partial charge < -0.3 is 15.3 Å². The Morgan fingerprint density at radius 2 is 2.21 bits per heavy atom. The lowest BCUT2D eigenvalue weighted by atomic mass is 10.1. The molecule has 1 aliphatic heterocycles. The van der Waals surface area contributed by atoms with Crippen molar-refractivity contribution < 1.29 is 9.90 Å². The number of carboxylic acid groups (broad SMARTS) is 1. The first-order chi connectivity index (χ1) is 8.97. The Bertz CT molecular complexity index is 479. The Hall–Kier alpha value is -1.07. The fourth-order valence-corrected chi connectivity index (χ4v) is 2.96. The molecule has 0 aliphatic carbocycles. The summed E-state index contributed by atoms with van der Waals surface area (Å²) in [6.45, 7) is 6.05. The Balaban J connectivity index is 2.27. The van der Waals surface area contributed by atoms with Gasteiger partial charge in [-0.2, -0.15) is 0 Å². The van der Waals surface area contributed by atoms with Gasteiger partial charge in [0.1, 0.15) is 0 Å². The lowest BCUT2D eigenvalue weighted by Gasteiger charge is -2.27. The van der Waals surface area contributed by atoms with Crippen LogP contribution in [0.2, 0.25) is 0 Å². The minimum absolute atomic E-state index is 0.285. The molecule has 2 atom stereocenters. The number of anilines is 1. The summed E-state index contributed by atoms with van der Waals surface area (Å²) in [5, 5.41) is 12.5. The van der Waals surface area contributed by atoms with E-state index in [-0.39, 0.29) is 12.0 Å². The zero-order valence-electron chi connectivity index (χ0n) is 11.2.